The van der Waals surface area contributed by atoms with E-state index in [1.54, 1.807) is 0 Å². The van der Waals surface area contributed by atoms with Crippen LogP contribution in [0.2, 0.25) is 0 Å². The Labute approximate surface area is 125 Å². The topological polar surface area (TPSA) is 39.7 Å². The van der Waals surface area contributed by atoms with Gasteiger partial charge in [0.1, 0.15) is 0 Å². The fraction of sp³-hybridized carbons (Fsp3) is 0.647. The molecule has 2 atom stereocenters. The number of benzene rings is 1. The zero-order chi connectivity index (χ0) is 14.1. The zero-order valence-electron chi connectivity index (χ0n) is 12.3. The molecule has 1 saturated carbocycles. The van der Waals surface area contributed by atoms with Crippen LogP contribution in [0.3, 0.4) is 0 Å². The van der Waals surface area contributed by atoms with Gasteiger partial charge in [0, 0.05) is 31.2 Å². The van der Waals surface area contributed by atoms with E-state index in [1.807, 2.05) is 12.1 Å². The van der Waals surface area contributed by atoms with Crippen molar-refractivity contribution in [3.63, 3.8) is 0 Å². The summed E-state index contributed by atoms with van der Waals surface area (Å²) in [5.41, 5.74) is 1.19. The molecule has 0 aromatic heterocycles. The Morgan fingerprint density at radius 3 is 2.86 bits per heavy atom. The summed E-state index contributed by atoms with van der Waals surface area (Å²) in [6, 6.07) is 6.66. The number of hydrogen-bond donors (Lipinski definition) is 1. The van der Waals surface area contributed by atoms with Crippen molar-refractivity contribution in [2.45, 2.75) is 44.4 Å². The Bertz CT molecular complexity index is 501. The summed E-state index contributed by atoms with van der Waals surface area (Å²) in [6.07, 6.45) is 5.15. The largest absolute Gasteiger partial charge is 0.490 e. The fourth-order valence-corrected chi connectivity index (χ4v) is 3.35. The summed E-state index contributed by atoms with van der Waals surface area (Å²) in [5, 5.41) is 3.68. The second-order valence-corrected chi connectivity index (χ2v) is 6.24. The Morgan fingerprint density at radius 2 is 1.95 bits per heavy atom. The molecule has 3 aliphatic rings. The third-order valence-electron chi connectivity index (χ3n) is 4.63. The minimum Gasteiger partial charge on any atom is -0.490 e. The van der Waals surface area contributed by atoms with Gasteiger partial charge in [-0.1, -0.05) is 12.1 Å². The Hall–Kier alpha value is -1.26. The highest BCUT2D eigenvalue weighted by atomic mass is 16.5. The number of para-hydroxylation sites is 1. The lowest BCUT2D eigenvalue weighted by Crippen LogP contribution is -2.37. The molecule has 2 heterocycles. The van der Waals surface area contributed by atoms with Crippen LogP contribution in [0.1, 0.15) is 31.2 Å². The Kier molecular flexibility index (Phi) is 3.74. The summed E-state index contributed by atoms with van der Waals surface area (Å²) in [7, 11) is 0. The molecule has 1 aliphatic carbocycles. The van der Waals surface area contributed by atoms with Crippen molar-refractivity contribution in [2.75, 3.05) is 19.8 Å². The molecule has 0 bridgehead atoms. The smallest absolute Gasteiger partial charge is 0.165 e. The molecule has 1 saturated heterocycles. The van der Waals surface area contributed by atoms with Crippen LogP contribution < -0.4 is 14.8 Å². The van der Waals surface area contributed by atoms with Crippen LogP contribution >= 0.6 is 0 Å². The van der Waals surface area contributed by atoms with Crippen molar-refractivity contribution in [3.8, 4) is 11.5 Å². The molecule has 1 aromatic carbocycles. The first-order chi connectivity index (χ1) is 10.4. The third-order valence-corrected chi connectivity index (χ3v) is 4.63. The predicted molar refractivity (Wildman–Crippen MR) is 79.8 cm³/mol. The number of fused-ring (bicyclic) bond motifs is 1. The highest BCUT2D eigenvalue weighted by molar-refractivity contribution is 5.47. The maximum absolute atomic E-state index is 5.89. The summed E-state index contributed by atoms with van der Waals surface area (Å²) in [4.78, 5) is 0. The van der Waals surface area contributed by atoms with Crippen LogP contribution in [0, 0.1) is 5.92 Å². The number of hydrogen-bond acceptors (Lipinski definition) is 4. The predicted octanol–water partition coefficient (Wildman–Crippen LogP) is 2.51. The number of ether oxygens (including phenoxy) is 3. The van der Waals surface area contributed by atoms with E-state index in [-0.39, 0.29) is 0 Å². The minimum absolute atomic E-state index is 0.421. The quantitative estimate of drug-likeness (QED) is 0.924. The van der Waals surface area contributed by atoms with Gasteiger partial charge in [-0.3, -0.25) is 0 Å². The molecule has 4 heteroatoms. The average molecular weight is 289 g/mol. The van der Waals surface area contributed by atoms with Crippen molar-refractivity contribution >= 4 is 0 Å². The lowest BCUT2D eigenvalue weighted by molar-refractivity contribution is 0.0808. The monoisotopic (exact) mass is 289 g/mol. The first-order valence-corrected chi connectivity index (χ1v) is 8.14. The lowest BCUT2D eigenvalue weighted by Gasteiger charge is -2.20. The molecule has 1 N–H and O–H groups in total. The van der Waals surface area contributed by atoms with E-state index < -0.39 is 0 Å². The van der Waals surface area contributed by atoms with Crippen LogP contribution in [-0.2, 0) is 11.3 Å². The second-order valence-electron chi connectivity index (χ2n) is 6.24. The molecule has 4 rings (SSSR count). The van der Waals surface area contributed by atoms with E-state index >= 15 is 0 Å². The molecule has 0 radical (unpaired) electrons. The molecule has 2 unspecified atom stereocenters. The number of rotatable bonds is 4. The molecule has 21 heavy (non-hydrogen) atoms. The van der Waals surface area contributed by atoms with Crippen molar-refractivity contribution in [1.82, 2.24) is 5.32 Å². The van der Waals surface area contributed by atoms with Crippen molar-refractivity contribution < 1.29 is 14.2 Å². The molecule has 0 spiro atoms. The Morgan fingerprint density at radius 1 is 1.05 bits per heavy atom. The minimum atomic E-state index is 0.421. The zero-order valence-corrected chi connectivity index (χ0v) is 12.3. The van der Waals surface area contributed by atoms with Gasteiger partial charge >= 0.3 is 0 Å². The maximum Gasteiger partial charge on any atom is 0.165 e. The molecule has 2 aliphatic heterocycles. The molecule has 4 nitrogen and oxygen atoms in total. The van der Waals surface area contributed by atoms with Crippen LogP contribution in [0.15, 0.2) is 18.2 Å². The normalized spacial score (nSPS) is 28.4. The van der Waals surface area contributed by atoms with E-state index in [1.165, 1.54) is 18.4 Å². The first-order valence-electron chi connectivity index (χ1n) is 8.14. The SMILES string of the molecule is c1cc(CNC2CCOC2C2CC2)c2c(c1)OCCCO2. The standard InChI is InChI=1S/C17H23NO3/c1-3-13(17-15(4-1)19-8-2-9-20-17)11-18-14-7-10-21-16(14)12-5-6-12/h1,3-4,12,14,16,18H,2,5-11H2. The van der Waals surface area contributed by atoms with Crippen molar-refractivity contribution in [1.29, 1.82) is 0 Å². The molecule has 1 aromatic rings. The van der Waals surface area contributed by atoms with Crippen molar-refractivity contribution in [2.24, 2.45) is 5.92 Å². The van der Waals surface area contributed by atoms with Crippen molar-refractivity contribution in [3.05, 3.63) is 23.8 Å². The van der Waals surface area contributed by atoms with Gasteiger partial charge in [0.25, 0.3) is 0 Å². The molecule has 114 valence electrons. The Balaban J connectivity index is 1.44. The molecular weight excluding hydrogens is 266 g/mol. The average Bonchev–Trinajstić information content (AvgIpc) is 3.29. The molecule has 0 amide bonds. The van der Waals surface area contributed by atoms with Gasteiger partial charge in [0.15, 0.2) is 11.5 Å². The van der Waals surface area contributed by atoms with E-state index in [4.69, 9.17) is 14.2 Å². The fourth-order valence-electron chi connectivity index (χ4n) is 3.35. The third kappa shape index (κ3) is 2.87. The summed E-state index contributed by atoms with van der Waals surface area (Å²) in [6.45, 7) is 3.19. The van der Waals surface area contributed by atoms with E-state index in [9.17, 15) is 0 Å². The number of nitrogens with one attached hydrogen (secondary N) is 1. The van der Waals surface area contributed by atoms with E-state index in [0.717, 1.165) is 56.6 Å². The summed E-state index contributed by atoms with van der Waals surface area (Å²) >= 11 is 0. The van der Waals surface area contributed by atoms with E-state index in [2.05, 4.69) is 11.4 Å². The molecular formula is C17H23NO3. The lowest BCUT2D eigenvalue weighted by atomic mass is 10.1. The second kappa shape index (κ2) is 5.85. The molecule has 2 fully saturated rings. The van der Waals surface area contributed by atoms with E-state index in [0.29, 0.717) is 12.1 Å². The van der Waals surface area contributed by atoms with Gasteiger partial charge in [-0.25, -0.2) is 0 Å². The van der Waals surface area contributed by atoms with Crippen LogP contribution in [0.25, 0.3) is 0 Å². The highest BCUT2D eigenvalue weighted by Gasteiger charge is 2.40. The summed E-state index contributed by atoms with van der Waals surface area (Å²) < 4.78 is 17.5. The summed E-state index contributed by atoms with van der Waals surface area (Å²) in [5.74, 6) is 2.59. The maximum atomic E-state index is 5.89. The first kappa shape index (κ1) is 13.4. The van der Waals surface area contributed by atoms with Gasteiger partial charge < -0.3 is 19.5 Å². The van der Waals surface area contributed by atoms with Crippen LogP contribution in [0.4, 0.5) is 0 Å². The van der Waals surface area contributed by atoms with Crippen LogP contribution in [0.5, 0.6) is 11.5 Å². The van der Waals surface area contributed by atoms with Gasteiger partial charge in [-0.05, 0) is 31.2 Å². The van der Waals surface area contributed by atoms with Crippen LogP contribution in [-0.4, -0.2) is 32.0 Å². The van der Waals surface area contributed by atoms with Gasteiger partial charge in [0.2, 0.25) is 0 Å². The van der Waals surface area contributed by atoms with Gasteiger partial charge in [-0.15, -0.1) is 0 Å². The van der Waals surface area contributed by atoms with Gasteiger partial charge in [0.05, 0.1) is 19.3 Å². The van der Waals surface area contributed by atoms with Gasteiger partial charge in [-0.2, -0.15) is 0 Å². The highest BCUT2D eigenvalue weighted by Crippen LogP contribution is 2.39.